The predicted molar refractivity (Wildman–Crippen MR) is 135 cm³/mol. The normalized spacial score (nSPS) is 18.2. The Bertz CT molecular complexity index is 860. The van der Waals surface area contributed by atoms with Crippen LogP contribution < -0.4 is 15.5 Å². The zero-order valence-electron chi connectivity index (χ0n) is 20.6. The lowest BCUT2D eigenvalue weighted by atomic mass is 9.97. The molecule has 0 radical (unpaired) electrons. The van der Waals surface area contributed by atoms with E-state index in [0.29, 0.717) is 24.8 Å². The van der Waals surface area contributed by atoms with Crippen molar-refractivity contribution in [3.05, 3.63) is 42.1 Å². The van der Waals surface area contributed by atoms with Crippen molar-refractivity contribution in [2.75, 3.05) is 50.7 Å². The first kappa shape index (κ1) is 25.9. The van der Waals surface area contributed by atoms with Crippen molar-refractivity contribution in [1.29, 1.82) is 0 Å². The van der Waals surface area contributed by atoms with Crippen molar-refractivity contribution in [3.8, 4) is 0 Å². The molecule has 2 saturated heterocycles. The first-order valence-corrected chi connectivity index (χ1v) is 12.5. The number of rotatable bonds is 10. The van der Waals surface area contributed by atoms with Gasteiger partial charge in [-0.05, 0) is 69.1 Å². The molecule has 1 aromatic carbocycles. The summed E-state index contributed by atoms with van der Waals surface area (Å²) in [6.07, 6.45) is 5.29. The minimum Gasteiger partial charge on any atom is -0.369 e. The van der Waals surface area contributed by atoms with Crippen LogP contribution >= 0.6 is 0 Å². The van der Waals surface area contributed by atoms with Gasteiger partial charge in [-0.1, -0.05) is 26.0 Å². The summed E-state index contributed by atoms with van der Waals surface area (Å²) in [5.74, 6) is -0.0763. The maximum absolute atomic E-state index is 13.4. The molecule has 0 bridgehead atoms. The second-order valence-corrected chi connectivity index (χ2v) is 9.32. The van der Waals surface area contributed by atoms with E-state index in [4.69, 9.17) is 0 Å². The van der Waals surface area contributed by atoms with E-state index in [1.54, 1.807) is 0 Å². The summed E-state index contributed by atoms with van der Waals surface area (Å²) in [7, 11) is 0. The third-order valence-corrected chi connectivity index (χ3v) is 6.96. The Balaban J connectivity index is 1.70. The maximum Gasteiger partial charge on any atom is 0.261 e. The van der Waals surface area contributed by atoms with Crippen molar-refractivity contribution in [3.63, 3.8) is 0 Å². The molecule has 8 heteroatoms. The van der Waals surface area contributed by atoms with Gasteiger partial charge in [0.15, 0.2) is 0 Å². The molecule has 34 heavy (non-hydrogen) atoms. The highest BCUT2D eigenvalue weighted by Crippen LogP contribution is 2.24. The number of aryl methyl sites for hydroxylation is 1. The van der Waals surface area contributed by atoms with Gasteiger partial charge in [0.1, 0.15) is 6.04 Å². The molecule has 1 atom stereocenters. The van der Waals surface area contributed by atoms with Crippen molar-refractivity contribution in [1.82, 2.24) is 20.4 Å². The number of anilines is 1. The van der Waals surface area contributed by atoms with Crippen LogP contribution in [0.4, 0.5) is 5.69 Å². The molecule has 0 aliphatic carbocycles. The summed E-state index contributed by atoms with van der Waals surface area (Å²) in [6.45, 7) is 14.5. The number of piperidine rings is 1. The number of nitrogens with zero attached hydrogens (tertiary/aromatic N) is 3. The van der Waals surface area contributed by atoms with Gasteiger partial charge in [-0.25, -0.2) is 0 Å². The van der Waals surface area contributed by atoms with E-state index in [1.807, 2.05) is 32.0 Å². The number of hydrogen-bond acceptors (Lipinski definition) is 6. The Morgan fingerprint density at radius 2 is 1.94 bits per heavy atom. The van der Waals surface area contributed by atoms with Crippen molar-refractivity contribution in [2.24, 2.45) is 5.92 Å². The molecule has 0 saturated carbocycles. The lowest BCUT2D eigenvalue weighted by molar-refractivity contribution is -0.130. The molecule has 2 heterocycles. The standard InChI is InChI=1S/C26H39N5O3/c1-4-6-24(25(33)28-5-2)31(19-32)26(34)23-17-22(8-7-20(23)3)30-15-13-29(14-16-30)18-21-9-11-27-12-10-21/h5,7-8,17,19,21,24,27H,2,4,6,9-16,18H2,1,3H3,(H,28,33). The van der Waals surface area contributed by atoms with Crippen LogP contribution in [0.25, 0.3) is 0 Å². The fraction of sp³-hybridized carbons (Fsp3) is 0.577. The molecule has 1 unspecified atom stereocenters. The smallest absolute Gasteiger partial charge is 0.261 e. The maximum atomic E-state index is 13.4. The number of imide groups is 1. The number of carbonyl (C=O) groups is 3. The van der Waals surface area contributed by atoms with Crippen LogP contribution in [-0.4, -0.2) is 79.9 Å². The third kappa shape index (κ3) is 6.45. The second kappa shape index (κ2) is 12.7. The van der Waals surface area contributed by atoms with Crippen molar-refractivity contribution in [2.45, 2.75) is 45.6 Å². The van der Waals surface area contributed by atoms with Gasteiger partial charge in [0.2, 0.25) is 12.3 Å². The molecule has 2 aliphatic rings. The Labute approximate surface area is 203 Å². The van der Waals surface area contributed by atoms with E-state index < -0.39 is 17.9 Å². The van der Waals surface area contributed by atoms with Crippen LogP contribution in [0.5, 0.6) is 0 Å². The summed E-state index contributed by atoms with van der Waals surface area (Å²) in [5, 5.41) is 5.95. The Morgan fingerprint density at radius 1 is 1.24 bits per heavy atom. The predicted octanol–water partition coefficient (Wildman–Crippen LogP) is 2.14. The van der Waals surface area contributed by atoms with Crippen LogP contribution in [-0.2, 0) is 9.59 Å². The van der Waals surface area contributed by atoms with Gasteiger partial charge in [0.25, 0.3) is 5.91 Å². The van der Waals surface area contributed by atoms with Crippen LogP contribution in [0.15, 0.2) is 31.0 Å². The number of hydrogen-bond donors (Lipinski definition) is 2. The monoisotopic (exact) mass is 469 g/mol. The average molecular weight is 470 g/mol. The van der Waals surface area contributed by atoms with Crippen LogP contribution in [0, 0.1) is 12.8 Å². The molecule has 2 aliphatic heterocycles. The van der Waals surface area contributed by atoms with Gasteiger partial charge < -0.3 is 15.5 Å². The van der Waals surface area contributed by atoms with Crippen molar-refractivity contribution < 1.29 is 14.4 Å². The lowest BCUT2D eigenvalue weighted by Gasteiger charge is -2.38. The summed E-state index contributed by atoms with van der Waals surface area (Å²) >= 11 is 0. The Morgan fingerprint density at radius 3 is 2.56 bits per heavy atom. The summed E-state index contributed by atoms with van der Waals surface area (Å²) in [6, 6.07) is 4.96. The van der Waals surface area contributed by atoms with Gasteiger partial charge in [0.05, 0.1) is 0 Å². The van der Waals surface area contributed by atoms with E-state index in [0.717, 1.165) is 67.9 Å². The molecule has 3 rings (SSSR count). The summed E-state index contributed by atoms with van der Waals surface area (Å²) < 4.78 is 0. The van der Waals surface area contributed by atoms with Gasteiger partial charge in [0, 0.05) is 44.0 Å². The number of nitrogens with one attached hydrogen (secondary N) is 2. The molecule has 0 spiro atoms. The number of carbonyl (C=O) groups excluding carboxylic acids is 3. The topological polar surface area (TPSA) is 85.0 Å². The largest absolute Gasteiger partial charge is 0.369 e. The number of amides is 3. The SMILES string of the molecule is C=CNC(=O)C(CCC)N(C=O)C(=O)c1cc(N2CCN(CC3CCNCC3)CC2)ccc1C. The molecule has 3 amide bonds. The molecular formula is C26H39N5O3. The highest BCUT2D eigenvalue weighted by Gasteiger charge is 2.30. The average Bonchev–Trinajstić information content (AvgIpc) is 2.85. The van der Waals surface area contributed by atoms with Crippen LogP contribution in [0.3, 0.4) is 0 Å². The molecular weight excluding hydrogens is 430 g/mol. The molecule has 2 fully saturated rings. The Hall–Kier alpha value is -2.71. The van der Waals surface area contributed by atoms with E-state index in [2.05, 4.69) is 27.0 Å². The third-order valence-electron chi connectivity index (χ3n) is 6.96. The highest BCUT2D eigenvalue weighted by molar-refractivity contribution is 6.04. The second-order valence-electron chi connectivity index (χ2n) is 9.32. The summed E-state index contributed by atoms with van der Waals surface area (Å²) in [5.41, 5.74) is 2.21. The molecule has 0 aromatic heterocycles. The van der Waals surface area contributed by atoms with Gasteiger partial charge in [-0.2, -0.15) is 0 Å². The number of benzene rings is 1. The highest BCUT2D eigenvalue weighted by atomic mass is 16.2. The van der Waals surface area contributed by atoms with E-state index in [1.165, 1.54) is 19.0 Å². The minimum atomic E-state index is -0.866. The van der Waals surface area contributed by atoms with Gasteiger partial charge in [-0.15, -0.1) is 0 Å². The Kier molecular flexibility index (Phi) is 9.65. The van der Waals surface area contributed by atoms with Crippen LogP contribution in [0.2, 0.25) is 0 Å². The molecule has 1 aromatic rings. The summed E-state index contributed by atoms with van der Waals surface area (Å²) in [4.78, 5) is 43.7. The molecule has 8 nitrogen and oxygen atoms in total. The molecule has 2 N–H and O–H groups in total. The zero-order valence-corrected chi connectivity index (χ0v) is 20.6. The fourth-order valence-corrected chi connectivity index (χ4v) is 4.92. The lowest BCUT2D eigenvalue weighted by Crippen LogP contribution is -2.49. The first-order valence-electron chi connectivity index (χ1n) is 12.5. The first-order chi connectivity index (χ1) is 16.5. The van der Waals surface area contributed by atoms with Crippen LogP contribution in [0.1, 0.15) is 48.5 Å². The van der Waals surface area contributed by atoms with E-state index in [9.17, 15) is 14.4 Å². The van der Waals surface area contributed by atoms with E-state index >= 15 is 0 Å². The van der Waals surface area contributed by atoms with Gasteiger partial charge >= 0.3 is 0 Å². The van der Waals surface area contributed by atoms with E-state index in [-0.39, 0.29) is 0 Å². The van der Waals surface area contributed by atoms with Gasteiger partial charge in [-0.3, -0.25) is 24.2 Å². The number of piperazine rings is 1. The van der Waals surface area contributed by atoms with Crippen molar-refractivity contribution >= 4 is 23.9 Å². The fourth-order valence-electron chi connectivity index (χ4n) is 4.92. The molecule has 186 valence electrons. The quantitative estimate of drug-likeness (QED) is 0.511. The zero-order chi connectivity index (χ0) is 24.5. The minimum absolute atomic E-state index is 0.391.